The number of benzene rings is 3. The van der Waals surface area contributed by atoms with Crippen molar-refractivity contribution >= 4 is 60.6 Å². The molecule has 3 heterocycles. The topological polar surface area (TPSA) is 77.0 Å². The fourth-order valence-corrected chi connectivity index (χ4v) is 6.43. The lowest BCUT2D eigenvalue weighted by Gasteiger charge is -2.08. The van der Waals surface area contributed by atoms with Crippen LogP contribution in [-0.2, 0) is 11.2 Å². The van der Waals surface area contributed by atoms with Gasteiger partial charge in [-0.05, 0) is 66.9 Å². The predicted octanol–water partition coefficient (Wildman–Crippen LogP) is 7.73. The number of carbonyl (C=O) groups excluding carboxylic acids is 1. The first kappa shape index (κ1) is 24.2. The summed E-state index contributed by atoms with van der Waals surface area (Å²) in [4.78, 5) is 27.8. The molecule has 0 unspecified atom stereocenters. The summed E-state index contributed by atoms with van der Waals surface area (Å²) >= 11 is 3.03. The molecule has 0 fully saturated rings. The van der Waals surface area contributed by atoms with E-state index in [4.69, 9.17) is 9.72 Å². The van der Waals surface area contributed by atoms with E-state index in [2.05, 4.69) is 52.5 Å². The number of thiazole rings is 1. The minimum Gasteiger partial charge on any atom is -0.461 e. The van der Waals surface area contributed by atoms with Crippen molar-refractivity contribution in [2.45, 2.75) is 20.3 Å². The summed E-state index contributed by atoms with van der Waals surface area (Å²) in [7, 11) is 0. The Kier molecular flexibility index (Phi) is 6.57. The molecule has 0 aliphatic heterocycles. The number of anilines is 2. The molecule has 0 spiro atoms. The Morgan fingerprint density at radius 1 is 0.947 bits per heavy atom. The average molecular weight is 537 g/mol. The van der Waals surface area contributed by atoms with Gasteiger partial charge in [-0.3, -0.25) is 0 Å². The molecule has 6 rings (SSSR count). The van der Waals surface area contributed by atoms with Gasteiger partial charge in [0, 0.05) is 17.7 Å². The quantitative estimate of drug-likeness (QED) is 0.210. The van der Waals surface area contributed by atoms with Crippen LogP contribution in [0, 0.1) is 13.8 Å². The number of nitrogens with zero attached hydrogens (tertiary/aromatic N) is 3. The van der Waals surface area contributed by atoms with Crippen molar-refractivity contribution in [3.63, 3.8) is 0 Å². The number of esters is 1. The van der Waals surface area contributed by atoms with Crippen molar-refractivity contribution < 1.29 is 9.53 Å². The summed E-state index contributed by atoms with van der Waals surface area (Å²) in [6.07, 6.45) is 2.19. The van der Waals surface area contributed by atoms with E-state index in [0.29, 0.717) is 23.7 Å². The monoisotopic (exact) mass is 536 g/mol. The Hall–Kier alpha value is -4.14. The molecule has 0 atom stereocenters. The second-order valence-corrected chi connectivity index (χ2v) is 11.1. The van der Waals surface area contributed by atoms with Gasteiger partial charge in [0.15, 0.2) is 0 Å². The molecule has 3 aromatic heterocycles. The van der Waals surface area contributed by atoms with Gasteiger partial charge >= 0.3 is 5.97 Å². The van der Waals surface area contributed by atoms with Crippen LogP contribution in [0.5, 0.6) is 0 Å². The molecule has 6 nitrogen and oxygen atoms in total. The van der Waals surface area contributed by atoms with E-state index in [1.54, 1.807) is 11.3 Å². The number of carbonyl (C=O) groups is 1. The van der Waals surface area contributed by atoms with E-state index in [9.17, 15) is 4.79 Å². The van der Waals surface area contributed by atoms with Gasteiger partial charge in [0.05, 0.1) is 22.2 Å². The zero-order valence-electron chi connectivity index (χ0n) is 20.9. The van der Waals surface area contributed by atoms with Crippen LogP contribution in [0.2, 0.25) is 0 Å². The maximum absolute atomic E-state index is 12.9. The molecule has 0 aliphatic carbocycles. The van der Waals surface area contributed by atoms with Gasteiger partial charge < -0.3 is 10.1 Å². The van der Waals surface area contributed by atoms with Crippen LogP contribution < -0.4 is 5.32 Å². The molecule has 0 radical (unpaired) electrons. The molecule has 0 saturated heterocycles. The lowest BCUT2D eigenvalue weighted by molar-refractivity contribution is 0.0514. The van der Waals surface area contributed by atoms with Crippen molar-refractivity contribution in [1.82, 2.24) is 15.0 Å². The van der Waals surface area contributed by atoms with E-state index in [1.807, 2.05) is 49.4 Å². The van der Waals surface area contributed by atoms with Crippen LogP contribution in [0.3, 0.4) is 0 Å². The molecule has 0 bridgehead atoms. The Morgan fingerprint density at radius 2 is 1.76 bits per heavy atom. The molecule has 0 amide bonds. The van der Waals surface area contributed by atoms with E-state index >= 15 is 0 Å². The number of fused-ring (bicyclic) bond motifs is 2. The smallest absolute Gasteiger partial charge is 0.348 e. The third-order valence-corrected chi connectivity index (χ3v) is 8.56. The van der Waals surface area contributed by atoms with Crippen molar-refractivity contribution in [3.8, 4) is 10.6 Å². The summed E-state index contributed by atoms with van der Waals surface area (Å²) in [5, 5.41) is 5.23. The number of nitrogens with one attached hydrogen (secondary N) is 1. The largest absolute Gasteiger partial charge is 0.461 e. The van der Waals surface area contributed by atoms with Crippen molar-refractivity contribution in [2.75, 3.05) is 11.9 Å². The predicted molar refractivity (Wildman–Crippen MR) is 156 cm³/mol. The highest BCUT2D eigenvalue weighted by Crippen LogP contribution is 2.36. The Morgan fingerprint density at radius 3 is 2.58 bits per heavy atom. The molecule has 6 aromatic rings. The fourth-order valence-electron chi connectivity index (χ4n) is 4.32. The highest BCUT2D eigenvalue weighted by Gasteiger charge is 2.20. The number of aryl methyl sites for hydroxylation is 2. The van der Waals surface area contributed by atoms with E-state index < -0.39 is 0 Å². The van der Waals surface area contributed by atoms with Gasteiger partial charge in [-0.1, -0.05) is 36.4 Å². The third-order valence-electron chi connectivity index (χ3n) is 6.32. The van der Waals surface area contributed by atoms with E-state index in [1.165, 1.54) is 27.9 Å². The SMILES string of the molecule is Cc1ccc2nc(-c3ccc(Nc4ncnc5sc(C(=O)OCCc6ccccc6)c(C)c45)cc3)sc2c1. The van der Waals surface area contributed by atoms with Crippen molar-refractivity contribution in [1.29, 1.82) is 0 Å². The maximum atomic E-state index is 12.9. The standard InChI is InChI=1S/C30H24N4O2S2/c1-18-8-13-23-24(16-18)37-28(34-23)21-9-11-22(12-10-21)33-27-25-19(2)26(38-29(25)32-17-31-27)30(35)36-15-14-20-6-4-3-5-7-20/h3-13,16-17H,14-15H2,1-2H3,(H,31,32,33). The van der Waals surface area contributed by atoms with Crippen LogP contribution in [0.25, 0.3) is 31.0 Å². The second-order valence-electron chi connectivity index (χ2n) is 9.02. The van der Waals surface area contributed by atoms with Crippen LogP contribution in [0.15, 0.2) is 79.1 Å². The molecule has 38 heavy (non-hydrogen) atoms. The van der Waals surface area contributed by atoms with Crippen LogP contribution in [0.1, 0.15) is 26.4 Å². The summed E-state index contributed by atoms with van der Waals surface area (Å²) in [5.74, 6) is 0.332. The van der Waals surface area contributed by atoms with Crippen LogP contribution in [0.4, 0.5) is 11.5 Å². The van der Waals surface area contributed by atoms with Crippen molar-refractivity contribution in [2.24, 2.45) is 0 Å². The zero-order valence-corrected chi connectivity index (χ0v) is 22.5. The Labute approximate surface area is 228 Å². The first-order chi connectivity index (χ1) is 18.5. The fraction of sp³-hybridized carbons (Fsp3) is 0.133. The number of hydrogen-bond donors (Lipinski definition) is 1. The number of ether oxygens (including phenoxy) is 1. The molecule has 1 N–H and O–H groups in total. The molecule has 3 aromatic carbocycles. The van der Waals surface area contributed by atoms with Gasteiger partial charge in [0.1, 0.15) is 26.9 Å². The first-order valence-corrected chi connectivity index (χ1v) is 13.9. The van der Waals surface area contributed by atoms with Crippen LogP contribution in [-0.4, -0.2) is 27.5 Å². The highest BCUT2D eigenvalue weighted by molar-refractivity contribution is 7.21. The van der Waals surface area contributed by atoms with Gasteiger partial charge in [-0.25, -0.2) is 19.7 Å². The average Bonchev–Trinajstić information content (AvgIpc) is 3.51. The van der Waals surface area contributed by atoms with Gasteiger partial charge in [0.2, 0.25) is 0 Å². The van der Waals surface area contributed by atoms with Crippen molar-refractivity contribution in [3.05, 3.63) is 101 Å². The Bertz CT molecular complexity index is 1760. The molecule has 188 valence electrons. The number of thiophene rings is 1. The summed E-state index contributed by atoms with van der Waals surface area (Å²) in [6.45, 7) is 4.34. The zero-order chi connectivity index (χ0) is 26.1. The molecule has 0 aliphatic rings. The van der Waals surface area contributed by atoms with Gasteiger partial charge in [-0.2, -0.15) is 0 Å². The molecular weight excluding hydrogens is 512 g/mol. The summed E-state index contributed by atoms with van der Waals surface area (Å²) < 4.78 is 6.77. The minimum absolute atomic E-state index is 0.327. The lowest BCUT2D eigenvalue weighted by Crippen LogP contribution is -2.07. The maximum Gasteiger partial charge on any atom is 0.348 e. The molecular formula is C30H24N4O2S2. The molecule has 0 saturated carbocycles. The van der Waals surface area contributed by atoms with E-state index in [-0.39, 0.29) is 5.97 Å². The number of aromatic nitrogens is 3. The van der Waals surface area contributed by atoms with E-state index in [0.717, 1.165) is 43.1 Å². The summed E-state index contributed by atoms with van der Waals surface area (Å²) in [6, 6.07) is 24.5. The normalized spacial score (nSPS) is 11.2. The number of rotatable bonds is 7. The van der Waals surface area contributed by atoms with Gasteiger partial charge in [-0.15, -0.1) is 22.7 Å². The highest BCUT2D eigenvalue weighted by atomic mass is 32.1. The summed E-state index contributed by atoms with van der Waals surface area (Å²) in [5.41, 5.74) is 6.16. The van der Waals surface area contributed by atoms with Crippen LogP contribution >= 0.6 is 22.7 Å². The minimum atomic E-state index is -0.331. The Balaban J connectivity index is 1.20. The van der Waals surface area contributed by atoms with Gasteiger partial charge in [0.25, 0.3) is 0 Å². The first-order valence-electron chi connectivity index (χ1n) is 12.2. The second kappa shape index (κ2) is 10.3. The lowest BCUT2D eigenvalue weighted by atomic mass is 10.1. The third kappa shape index (κ3) is 4.88. The molecule has 8 heteroatoms. The number of hydrogen-bond acceptors (Lipinski definition) is 8.